The van der Waals surface area contributed by atoms with Crippen molar-refractivity contribution in [3.63, 3.8) is 0 Å². The van der Waals surface area contributed by atoms with Crippen LogP contribution in [0.2, 0.25) is 0 Å². The Morgan fingerprint density at radius 1 is 1.00 bits per heavy atom. The van der Waals surface area contributed by atoms with E-state index in [4.69, 9.17) is 4.74 Å². The summed E-state index contributed by atoms with van der Waals surface area (Å²) in [7, 11) is -2.81. The lowest BCUT2D eigenvalue weighted by molar-refractivity contribution is -0.137. The molecule has 41 heavy (non-hydrogen) atoms. The molecule has 3 aromatic carbocycles. The number of likely N-dealkylation sites (N-methyl/N-ethyl adjacent to an activating group) is 1. The van der Waals surface area contributed by atoms with Crippen molar-refractivity contribution in [3.05, 3.63) is 89.5 Å². The maximum atomic E-state index is 13.9. The minimum Gasteiger partial charge on any atom is -0.394 e. The van der Waals surface area contributed by atoms with Crippen molar-refractivity contribution in [2.24, 2.45) is 5.92 Å². The molecule has 7 nitrogen and oxygen atoms in total. The van der Waals surface area contributed by atoms with Gasteiger partial charge in [0.15, 0.2) is 0 Å². The summed E-state index contributed by atoms with van der Waals surface area (Å²) in [5.74, 6) is -0.647. The number of hydrogen-bond acceptors (Lipinski definition) is 5. The van der Waals surface area contributed by atoms with E-state index in [-0.39, 0.29) is 43.0 Å². The molecule has 0 radical (unpaired) electrons. The highest BCUT2D eigenvalue weighted by Crippen LogP contribution is 2.32. The van der Waals surface area contributed by atoms with Gasteiger partial charge in [-0.3, -0.25) is 4.79 Å². The summed E-state index contributed by atoms with van der Waals surface area (Å²) in [6.07, 6.45) is -5.28. The third-order valence-corrected chi connectivity index (χ3v) is 9.26. The Labute approximate surface area is 238 Å². The second-order valence-electron chi connectivity index (χ2n) is 10.3. The molecule has 0 aliphatic carbocycles. The third kappa shape index (κ3) is 6.64. The number of nitrogens with zero attached hydrogens (tertiary/aromatic N) is 2. The van der Waals surface area contributed by atoms with Crippen LogP contribution < -0.4 is 0 Å². The molecule has 1 N–H and O–H groups in total. The van der Waals surface area contributed by atoms with Crippen LogP contribution in [-0.4, -0.2) is 67.5 Å². The van der Waals surface area contributed by atoms with Gasteiger partial charge in [0.25, 0.3) is 5.91 Å². The topological polar surface area (TPSA) is 87.2 Å². The van der Waals surface area contributed by atoms with Crippen molar-refractivity contribution in [2.75, 3.05) is 26.7 Å². The third-order valence-electron chi connectivity index (χ3n) is 7.42. The van der Waals surface area contributed by atoms with E-state index in [1.807, 2.05) is 43.3 Å². The number of rotatable bonds is 6. The van der Waals surface area contributed by atoms with Crippen molar-refractivity contribution >= 4 is 15.9 Å². The molecule has 220 valence electrons. The highest BCUT2D eigenvalue weighted by atomic mass is 32.2. The molecule has 0 aromatic heterocycles. The predicted octanol–water partition coefficient (Wildman–Crippen LogP) is 5.05. The van der Waals surface area contributed by atoms with Crippen molar-refractivity contribution in [1.29, 1.82) is 0 Å². The molecule has 1 amide bonds. The summed E-state index contributed by atoms with van der Waals surface area (Å²) in [4.78, 5) is 15.2. The SMILES string of the molecule is C[C@@H]1CN([C@@H](C)CO)C(=O)c2ccccc2-c2ccccc2CO[C@@H]1CN(C)S(=O)(=O)c1ccc(C(F)(F)F)cc1. The zero-order chi connectivity index (χ0) is 29.9. The molecule has 0 unspecified atom stereocenters. The van der Waals surface area contributed by atoms with Gasteiger partial charge >= 0.3 is 6.18 Å². The zero-order valence-electron chi connectivity index (χ0n) is 23.0. The van der Waals surface area contributed by atoms with E-state index in [1.54, 1.807) is 24.0 Å². The molecule has 4 rings (SSSR count). The summed E-state index contributed by atoms with van der Waals surface area (Å²) >= 11 is 0. The van der Waals surface area contributed by atoms with Crippen molar-refractivity contribution in [2.45, 2.75) is 43.7 Å². The Kier molecular flexibility index (Phi) is 9.22. The van der Waals surface area contributed by atoms with E-state index in [9.17, 15) is 31.5 Å². The molecule has 1 aliphatic rings. The number of carbonyl (C=O) groups excluding carboxylic acids is 1. The van der Waals surface area contributed by atoms with E-state index in [1.165, 1.54) is 7.05 Å². The number of ether oxygens (including phenoxy) is 1. The molecular formula is C30H33F3N2O5S. The standard InChI is InChI=1S/C30H33F3N2O5S/c1-20-16-35(21(2)18-36)29(37)27-11-7-6-10-26(27)25-9-5-4-8-22(25)19-40-28(20)17-34(3)41(38,39)24-14-12-23(13-15-24)30(31,32)33/h4-15,20-21,28,36H,16-19H2,1-3H3/t20-,21+,28-/m1/s1. The smallest absolute Gasteiger partial charge is 0.394 e. The molecule has 0 fully saturated rings. The predicted molar refractivity (Wildman–Crippen MR) is 148 cm³/mol. The number of alkyl halides is 3. The van der Waals surface area contributed by atoms with Crippen LogP contribution in [-0.2, 0) is 27.5 Å². The number of sulfonamides is 1. The van der Waals surface area contributed by atoms with E-state index in [0.29, 0.717) is 5.56 Å². The largest absolute Gasteiger partial charge is 0.416 e. The molecule has 0 spiro atoms. The van der Waals surface area contributed by atoms with Crippen LogP contribution in [0.5, 0.6) is 0 Å². The highest BCUT2D eigenvalue weighted by molar-refractivity contribution is 7.89. The molecule has 11 heteroatoms. The summed E-state index contributed by atoms with van der Waals surface area (Å²) in [5, 5.41) is 9.97. The minimum atomic E-state index is -4.59. The quantitative estimate of drug-likeness (QED) is 0.434. The number of aliphatic hydroxyl groups excluding tert-OH is 1. The molecular weight excluding hydrogens is 557 g/mol. The van der Waals surface area contributed by atoms with Gasteiger partial charge in [-0.1, -0.05) is 49.4 Å². The average Bonchev–Trinajstić information content (AvgIpc) is 2.97. The zero-order valence-corrected chi connectivity index (χ0v) is 23.8. The second-order valence-corrected chi connectivity index (χ2v) is 12.4. The fourth-order valence-electron chi connectivity index (χ4n) is 4.90. The fourth-order valence-corrected chi connectivity index (χ4v) is 6.08. The van der Waals surface area contributed by atoms with Gasteiger partial charge in [-0.15, -0.1) is 0 Å². The molecule has 1 aliphatic heterocycles. The lowest BCUT2D eigenvalue weighted by Gasteiger charge is -2.35. The van der Waals surface area contributed by atoms with Gasteiger partial charge in [0.1, 0.15) is 0 Å². The molecule has 3 aromatic rings. The number of halogens is 3. The molecule has 3 atom stereocenters. The highest BCUT2D eigenvalue weighted by Gasteiger charge is 2.34. The average molecular weight is 591 g/mol. The first kappa shape index (κ1) is 30.7. The van der Waals surface area contributed by atoms with E-state index < -0.39 is 33.9 Å². The van der Waals surface area contributed by atoms with Crippen LogP contribution in [0.1, 0.15) is 35.3 Å². The minimum absolute atomic E-state index is 0.116. The Hall–Kier alpha value is -3.25. The van der Waals surface area contributed by atoms with E-state index >= 15 is 0 Å². The summed E-state index contributed by atoms with van der Waals surface area (Å²) < 4.78 is 73.0. The van der Waals surface area contributed by atoms with Crippen LogP contribution in [0.15, 0.2) is 77.7 Å². The van der Waals surface area contributed by atoms with Crippen molar-refractivity contribution in [3.8, 4) is 11.1 Å². The van der Waals surface area contributed by atoms with Gasteiger partial charge < -0.3 is 14.7 Å². The first-order chi connectivity index (χ1) is 19.3. The number of hydrogen-bond donors (Lipinski definition) is 1. The Morgan fingerprint density at radius 2 is 1.59 bits per heavy atom. The number of benzene rings is 3. The van der Waals surface area contributed by atoms with Crippen molar-refractivity contribution < 1.29 is 36.2 Å². The molecule has 1 heterocycles. The maximum absolute atomic E-state index is 13.9. The number of carbonyl (C=O) groups is 1. The molecule has 0 bridgehead atoms. The number of amides is 1. The van der Waals surface area contributed by atoms with Crippen LogP contribution in [0.25, 0.3) is 11.1 Å². The fraction of sp³-hybridized carbons (Fsp3) is 0.367. The van der Waals surface area contributed by atoms with Crippen LogP contribution in [0, 0.1) is 5.92 Å². The van der Waals surface area contributed by atoms with Gasteiger partial charge in [0, 0.05) is 31.6 Å². The summed E-state index contributed by atoms with van der Waals surface area (Å²) in [6.45, 7) is 3.49. The van der Waals surface area contributed by atoms with Gasteiger partial charge in [-0.25, -0.2) is 8.42 Å². The molecule has 0 saturated heterocycles. The van der Waals surface area contributed by atoms with Crippen molar-refractivity contribution in [1.82, 2.24) is 9.21 Å². The van der Waals surface area contributed by atoms with Gasteiger partial charge in [0.2, 0.25) is 10.0 Å². The Bertz CT molecular complexity index is 1480. The Morgan fingerprint density at radius 3 is 2.20 bits per heavy atom. The van der Waals surface area contributed by atoms with Crippen LogP contribution >= 0.6 is 0 Å². The van der Waals surface area contributed by atoms with E-state index in [2.05, 4.69) is 0 Å². The first-order valence-corrected chi connectivity index (χ1v) is 14.6. The van der Waals surface area contributed by atoms with Crippen LogP contribution in [0.3, 0.4) is 0 Å². The summed E-state index contributed by atoms with van der Waals surface area (Å²) in [6, 6.07) is 17.5. The van der Waals surface area contributed by atoms with Gasteiger partial charge in [-0.05, 0) is 53.9 Å². The van der Waals surface area contributed by atoms with E-state index in [0.717, 1.165) is 45.3 Å². The maximum Gasteiger partial charge on any atom is 0.416 e. The number of fused-ring (bicyclic) bond motifs is 3. The van der Waals surface area contributed by atoms with Gasteiger partial charge in [0.05, 0.1) is 35.8 Å². The molecule has 0 saturated carbocycles. The lowest BCUT2D eigenvalue weighted by Crippen LogP contribution is -2.47. The number of aliphatic hydroxyl groups is 1. The lowest BCUT2D eigenvalue weighted by atomic mass is 9.94. The monoisotopic (exact) mass is 590 g/mol. The summed E-state index contributed by atoms with van der Waals surface area (Å²) in [5.41, 5.74) is 1.86. The Balaban J connectivity index is 1.69. The second kappa shape index (κ2) is 12.3. The van der Waals surface area contributed by atoms with Crippen LogP contribution in [0.4, 0.5) is 13.2 Å². The normalized spacial score (nSPS) is 19.3. The van der Waals surface area contributed by atoms with Gasteiger partial charge in [-0.2, -0.15) is 17.5 Å². The first-order valence-electron chi connectivity index (χ1n) is 13.2.